The van der Waals surface area contributed by atoms with Gasteiger partial charge < -0.3 is 5.32 Å². The lowest BCUT2D eigenvalue weighted by Gasteiger charge is -2.17. The second-order valence-electron chi connectivity index (χ2n) is 5.38. The fourth-order valence-electron chi connectivity index (χ4n) is 2.36. The molecule has 5 nitrogen and oxygen atoms in total. The maximum atomic E-state index is 12.0. The van der Waals surface area contributed by atoms with Crippen LogP contribution in [-0.4, -0.2) is 28.4 Å². The summed E-state index contributed by atoms with van der Waals surface area (Å²) in [6, 6.07) is 7.74. The van der Waals surface area contributed by atoms with E-state index in [9.17, 15) is 9.59 Å². The number of rotatable bonds is 4. The van der Waals surface area contributed by atoms with Crippen molar-refractivity contribution in [1.29, 1.82) is 0 Å². The highest BCUT2D eigenvalue weighted by Crippen LogP contribution is 2.20. The Balaban J connectivity index is 1.56. The number of carbonyl (C=O) groups is 2. The molecule has 1 aromatic carbocycles. The molecule has 0 saturated heterocycles. The number of hydrogen-bond acceptors (Lipinski definition) is 4. The Bertz CT molecular complexity index is 776. The number of hydrogen-bond donors (Lipinski definition) is 1. The summed E-state index contributed by atoms with van der Waals surface area (Å²) in [5.41, 5.74) is 2.65. The first-order valence-electron chi connectivity index (χ1n) is 7.73. The van der Waals surface area contributed by atoms with Crippen LogP contribution in [0.1, 0.15) is 12.5 Å². The fraction of sp³-hybridized carbons (Fsp3) is 0.222. The normalized spacial score (nSPS) is 18.7. The van der Waals surface area contributed by atoms with Crippen LogP contribution in [0.5, 0.6) is 0 Å². The Hall–Kier alpha value is -2.47. The van der Waals surface area contributed by atoms with E-state index < -0.39 is 0 Å². The van der Waals surface area contributed by atoms with Crippen molar-refractivity contribution in [2.24, 2.45) is 15.9 Å². The Labute approximate surface area is 144 Å². The van der Waals surface area contributed by atoms with E-state index in [1.807, 2.05) is 36.4 Å². The number of nitrogens with one attached hydrogen (secondary N) is 1. The monoisotopic (exact) mass is 339 g/mol. The van der Waals surface area contributed by atoms with Gasteiger partial charge in [-0.05, 0) is 30.2 Å². The number of anilines is 1. The van der Waals surface area contributed by atoms with Crippen LogP contribution in [0.15, 0.2) is 58.6 Å². The van der Waals surface area contributed by atoms with E-state index in [0.717, 1.165) is 23.9 Å². The van der Waals surface area contributed by atoms with Crippen LogP contribution in [0.2, 0.25) is 0 Å². The van der Waals surface area contributed by atoms with E-state index in [1.54, 1.807) is 12.2 Å². The van der Waals surface area contributed by atoms with Crippen molar-refractivity contribution >= 4 is 40.1 Å². The molecule has 0 saturated carbocycles. The number of amidine groups is 1. The van der Waals surface area contributed by atoms with Gasteiger partial charge in [0, 0.05) is 5.69 Å². The first kappa shape index (κ1) is 16.4. The van der Waals surface area contributed by atoms with Gasteiger partial charge in [0.2, 0.25) is 5.91 Å². The van der Waals surface area contributed by atoms with Gasteiger partial charge in [0.15, 0.2) is 5.17 Å². The molecular weight excluding hydrogens is 322 g/mol. The van der Waals surface area contributed by atoms with Crippen LogP contribution in [0, 0.1) is 5.92 Å². The second-order valence-corrected chi connectivity index (χ2v) is 6.32. The molecule has 122 valence electrons. The molecule has 0 spiro atoms. The van der Waals surface area contributed by atoms with Gasteiger partial charge in [-0.3, -0.25) is 9.59 Å². The highest BCUT2D eigenvalue weighted by atomic mass is 32.2. The molecule has 0 bridgehead atoms. The summed E-state index contributed by atoms with van der Waals surface area (Å²) in [4.78, 5) is 32.3. The molecular formula is C18H17N3O2S. The highest BCUT2D eigenvalue weighted by molar-refractivity contribution is 8.14. The Morgan fingerprint density at radius 3 is 2.75 bits per heavy atom. The predicted octanol–water partition coefficient (Wildman–Crippen LogP) is 3.00. The van der Waals surface area contributed by atoms with E-state index in [1.165, 1.54) is 5.56 Å². The summed E-state index contributed by atoms with van der Waals surface area (Å²) < 4.78 is 0. The lowest BCUT2D eigenvalue weighted by molar-refractivity contribution is -0.118. The third-order valence-corrected chi connectivity index (χ3v) is 4.52. The minimum Gasteiger partial charge on any atom is -0.325 e. The molecule has 1 N–H and O–H groups in total. The van der Waals surface area contributed by atoms with Crippen molar-refractivity contribution in [3.8, 4) is 0 Å². The fourth-order valence-corrected chi connectivity index (χ4v) is 3.02. The molecule has 0 radical (unpaired) electrons. The SMILES string of the molecule is CCc1ccc(NC(=O)CSC2=NC(=O)C3C=CC=CC3=N2)cc1. The summed E-state index contributed by atoms with van der Waals surface area (Å²) in [5.74, 6) is -0.618. The minimum absolute atomic E-state index is 0.152. The van der Waals surface area contributed by atoms with Crippen LogP contribution in [-0.2, 0) is 16.0 Å². The third kappa shape index (κ3) is 3.89. The Morgan fingerprint density at radius 1 is 1.21 bits per heavy atom. The quantitative estimate of drug-likeness (QED) is 0.916. The van der Waals surface area contributed by atoms with E-state index in [0.29, 0.717) is 10.9 Å². The number of amides is 2. The Morgan fingerprint density at radius 2 is 2.00 bits per heavy atom. The first-order valence-corrected chi connectivity index (χ1v) is 8.72. The molecule has 2 aliphatic rings. The molecule has 0 aromatic heterocycles. The number of benzene rings is 1. The molecule has 1 aliphatic carbocycles. The highest BCUT2D eigenvalue weighted by Gasteiger charge is 2.26. The maximum Gasteiger partial charge on any atom is 0.261 e. The number of aryl methyl sites for hydroxylation is 1. The standard InChI is InChI=1S/C18H17N3O2S/c1-2-12-7-9-13(10-8-12)19-16(22)11-24-18-20-15-6-4-3-5-14(15)17(23)21-18/h3-10,14H,2,11H2,1H3,(H,19,22). The van der Waals surface area contributed by atoms with Crippen LogP contribution in [0.4, 0.5) is 5.69 Å². The van der Waals surface area contributed by atoms with Crippen molar-refractivity contribution < 1.29 is 9.59 Å². The largest absolute Gasteiger partial charge is 0.325 e. The van der Waals surface area contributed by atoms with Gasteiger partial charge in [0.05, 0.1) is 11.5 Å². The van der Waals surface area contributed by atoms with Crippen LogP contribution in [0.25, 0.3) is 0 Å². The van der Waals surface area contributed by atoms with Crippen LogP contribution in [0.3, 0.4) is 0 Å². The zero-order valence-electron chi connectivity index (χ0n) is 13.2. The van der Waals surface area contributed by atoms with Crippen molar-refractivity contribution in [2.45, 2.75) is 13.3 Å². The van der Waals surface area contributed by atoms with Crippen molar-refractivity contribution in [2.75, 3.05) is 11.1 Å². The molecule has 1 unspecified atom stereocenters. The summed E-state index contributed by atoms with van der Waals surface area (Å²) in [6.07, 6.45) is 8.18. The maximum absolute atomic E-state index is 12.0. The number of nitrogens with zero attached hydrogens (tertiary/aromatic N) is 2. The number of aliphatic imine (C=N–C) groups is 2. The zero-order valence-corrected chi connectivity index (χ0v) is 14.0. The topological polar surface area (TPSA) is 70.9 Å². The summed E-state index contributed by atoms with van der Waals surface area (Å²) in [6.45, 7) is 2.08. The molecule has 1 atom stereocenters. The molecule has 3 rings (SSSR count). The van der Waals surface area contributed by atoms with Gasteiger partial charge in [-0.2, -0.15) is 4.99 Å². The number of allylic oxidation sites excluding steroid dienone is 3. The molecule has 2 amide bonds. The lowest BCUT2D eigenvalue weighted by Crippen LogP contribution is -2.26. The predicted molar refractivity (Wildman–Crippen MR) is 98.6 cm³/mol. The average molecular weight is 339 g/mol. The van der Waals surface area contributed by atoms with Crippen molar-refractivity contribution in [1.82, 2.24) is 0 Å². The van der Waals surface area contributed by atoms with Gasteiger partial charge in [-0.15, -0.1) is 0 Å². The molecule has 1 aliphatic heterocycles. The van der Waals surface area contributed by atoms with Crippen molar-refractivity contribution in [3.05, 3.63) is 54.1 Å². The zero-order chi connectivity index (χ0) is 16.9. The summed E-state index contributed by atoms with van der Waals surface area (Å²) in [7, 11) is 0. The molecule has 6 heteroatoms. The molecule has 1 aromatic rings. The van der Waals surface area contributed by atoms with E-state index in [-0.39, 0.29) is 23.5 Å². The molecule has 0 fully saturated rings. The minimum atomic E-state index is -0.384. The van der Waals surface area contributed by atoms with Crippen LogP contribution < -0.4 is 5.32 Å². The molecule has 24 heavy (non-hydrogen) atoms. The Kier molecular flexibility index (Phi) is 5.05. The van der Waals surface area contributed by atoms with Gasteiger partial charge >= 0.3 is 0 Å². The van der Waals surface area contributed by atoms with Gasteiger partial charge in [0.1, 0.15) is 5.92 Å². The smallest absolute Gasteiger partial charge is 0.261 e. The number of thioether (sulfide) groups is 1. The second kappa shape index (κ2) is 7.40. The van der Waals surface area contributed by atoms with E-state index in [2.05, 4.69) is 22.2 Å². The van der Waals surface area contributed by atoms with Gasteiger partial charge in [0.25, 0.3) is 5.91 Å². The number of carbonyl (C=O) groups excluding carboxylic acids is 2. The summed E-state index contributed by atoms with van der Waals surface area (Å²) >= 11 is 1.16. The lowest BCUT2D eigenvalue weighted by atomic mass is 9.97. The summed E-state index contributed by atoms with van der Waals surface area (Å²) in [5, 5.41) is 3.16. The number of fused-ring (bicyclic) bond motifs is 1. The first-order chi connectivity index (χ1) is 11.7. The van der Waals surface area contributed by atoms with E-state index in [4.69, 9.17) is 0 Å². The third-order valence-electron chi connectivity index (χ3n) is 3.68. The average Bonchev–Trinajstić information content (AvgIpc) is 2.61. The van der Waals surface area contributed by atoms with Gasteiger partial charge in [-0.1, -0.05) is 49.0 Å². The van der Waals surface area contributed by atoms with Crippen LogP contribution >= 0.6 is 11.8 Å². The van der Waals surface area contributed by atoms with Gasteiger partial charge in [-0.25, -0.2) is 4.99 Å². The molecule has 1 heterocycles. The van der Waals surface area contributed by atoms with Crippen molar-refractivity contribution in [3.63, 3.8) is 0 Å². The van der Waals surface area contributed by atoms with E-state index >= 15 is 0 Å².